The molecule has 1 amide bonds. The number of pyridine rings is 1. The lowest BCUT2D eigenvalue weighted by molar-refractivity contribution is -0.111. The van der Waals surface area contributed by atoms with Gasteiger partial charge in [0.05, 0.1) is 11.4 Å². The van der Waals surface area contributed by atoms with E-state index in [2.05, 4.69) is 47.0 Å². The van der Waals surface area contributed by atoms with Crippen molar-refractivity contribution in [1.29, 1.82) is 0 Å². The van der Waals surface area contributed by atoms with Gasteiger partial charge in [-0.25, -0.2) is 18.7 Å². The molecule has 1 saturated heterocycles. The largest absolute Gasteiger partial charge is 0.367 e. The van der Waals surface area contributed by atoms with Gasteiger partial charge in [-0.15, -0.1) is 0 Å². The lowest BCUT2D eigenvalue weighted by Gasteiger charge is -2.34. The number of hydrogen-bond donors (Lipinski definition) is 3. The fourth-order valence-corrected chi connectivity index (χ4v) is 3.99. The SMILES string of the molecule is C=CC(=O)Nc1ccnc(-c2nc3nc(Nc4ccc(N5CCN(C)CC5)c(F)c4F)ncc3c(=O)[nH]2)c1. The molecule has 1 aliphatic heterocycles. The first-order valence-corrected chi connectivity index (χ1v) is 11.7. The van der Waals surface area contributed by atoms with Crippen LogP contribution >= 0.6 is 0 Å². The Labute approximate surface area is 215 Å². The number of fused-ring (bicyclic) bond motifs is 1. The summed E-state index contributed by atoms with van der Waals surface area (Å²) < 4.78 is 29.9. The molecule has 5 rings (SSSR count). The number of nitrogens with one attached hydrogen (secondary N) is 3. The fourth-order valence-electron chi connectivity index (χ4n) is 3.99. The number of benzene rings is 1. The maximum Gasteiger partial charge on any atom is 0.262 e. The van der Waals surface area contributed by atoms with E-state index in [1.807, 2.05) is 7.05 Å². The summed E-state index contributed by atoms with van der Waals surface area (Å²) in [6.07, 6.45) is 3.80. The standard InChI is InChI=1S/C25H23F2N9O2/c1-3-19(37)30-14-6-7-28-17(12-14)23-32-22-15(24(38)33-23)13-29-25(34-22)31-16-4-5-18(21(27)20(16)26)36-10-8-35(2)9-11-36/h3-7,12-13H,1,8-11H2,2H3,(H,28,30,37)(H2,29,31,32,33,34,38). The van der Waals surface area contributed by atoms with Crippen LogP contribution in [0, 0.1) is 11.6 Å². The van der Waals surface area contributed by atoms with Crippen LogP contribution in [0.5, 0.6) is 0 Å². The first kappa shape index (κ1) is 24.9. The predicted octanol–water partition coefficient (Wildman–Crippen LogP) is 2.67. The first-order valence-electron chi connectivity index (χ1n) is 11.7. The Balaban J connectivity index is 1.43. The average molecular weight is 520 g/mol. The highest BCUT2D eigenvalue weighted by molar-refractivity contribution is 5.99. The quantitative estimate of drug-likeness (QED) is 0.329. The van der Waals surface area contributed by atoms with Gasteiger partial charge in [0.1, 0.15) is 11.1 Å². The van der Waals surface area contributed by atoms with Crippen LogP contribution in [0.3, 0.4) is 0 Å². The zero-order valence-electron chi connectivity index (χ0n) is 20.3. The topological polar surface area (TPSA) is 132 Å². The van der Waals surface area contributed by atoms with E-state index >= 15 is 0 Å². The van der Waals surface area contributed by atoms with Crippen LogP contribution in [0.15, 0.2) is 54.1 Å². The molecule has 0 saturated carbocycles. The molecule has 1 aliphatic rings. The van der Waals surface area contributed by atoms with E-state index in [-0.39, 0.29) is 39.9 Å². The van der Waals surface area contributed by atoms with Crippen molar-refractivity contribution in [2.45, 2.75) is 0 Å². The summed E-state index contributed by atoms with van der Waals surface area (Å²) in [5, 5.41) is 5.36. The lowest BCUT2D eigenvalue weighted by atomic mass is 10.2. The number of carbonyl (C=O) groups excluding carboxylic acids is 1. The highest BCUT2D eigenvalue weighted by Gasteiger charge is 2.22. The van der Waals surface area contributed by atoms with E-state index in [9.17, 15) is 18.4 Å². The van der Waals surface area contributed by atoms with Crippen LogP contribution in [0.2, 0.25) is 0 Å². The molecule has 11 nitrogen and oxygen atoms in total. The second kappa shape index (κ2) is 10.3. The lowest BCUT2D eigenvalue weighted by Crippen LogP contribution is -2.44. The normalized spacial score (nSPS) is 13.9. The number of likely N-dealkylation sites (N-methyl/N-ethyl adjacent to an activating group) is 1. The Kier molecular flexibility index (Phi) is 6.75. The van der Waals surface area contributed by atoms with Gasteiger partial charge in [-0.1, -0.05) is 6.58 Å². The molecule has 1 fully saturated rings. The van der Waals surface area contributed by atoms with E-state index in [0.29, 0.717) is 18.8 Å². The molecule has 0 unspecified atom stereocenters. The summed E-state index contributed by atoms with van der Waals surface area (Å²) in [5.41, 5.74) is 0.220. The Morgan fingerprint density at radius 2 is 1.89 bits per heavy atom. The Morgan fingerprint density at radius 1 is 1.11 bits per heavy atom. The molecule has 13 heteroatoms. The van der Waals surface area contributed by atoms with Crippen molar-refractivity contribution >= 4 is 40.0 Å². The van der Waals surface area contributed by atoms with Crippen molar-refractivity contribution in [1.82, 2.24) is 29.8 Å². The van der Waals surface area contributed by atoms with Crippen molar-refractivity contribution in [2.75, 3.05) is 48.8 Å². The average Bonchev–Trinajstić information content (AvgIpc) is 2.92. The smallest absolute Gasteiger partial charge is 0.262 e. The Hall–Kier alpha value is -4.78. The van der Waals surface area contributed by atoms with Crippen molar-refractivity contribution in [2.24, 2.45) is 0 Å². The molecule has 0 spiro atoms. The molecular formula is C25H23F2N9O2. The van der Waals surface area contributed by atoms with Gasteiger partial charge in [-0.3, -0.25) is 14.6 Å². The van der Waals surface area contributed by atoms with Gasteiger partial charge < -0.3 is 25.4 Å². The van der Waals surface area contributed by atoms with Crippen LogP contribution in [-0.4, -0.2) is 69.0 Å². The third-order valence-electron chi connectivity index (χ3n) is 6.07. The van der Waals surface area contributed by atoms with Gasteiger partial charge >= 0.3 is 0 Å². The van der Waals surface area contributed by atoms with Crippen molar-refractivity contribution in [3.05, 3.63) is 71.3 Å². The minimum absolute atomic E-state index is 0.0125. The summed E-state index contributed by atoms with van der Waals surface area (Å²) in [6, 6.07) is 6.02. The molecule has 4 heterocycles. The van der Waals surface area contributed by atoms with Gasteiger partial charge in [-0.05, 0) is 37.4 Å². The van der Waals surface area contributed by atoms with E-state index in [0.717, 1.165) is 19.2 Å². The molecule has 1 aromatic carbocycles. The molecule has 3 aromatic heterocycles. The number of H-pyrrole nitrogens is 1. The maximum atomic E-state index is 15.0. The summed E-state index contributed by atoms with van der Waals surface area (Å²) >= 11 is 0. The van der Waals surface area contributed by atoms with E-state index < -0.39 is 23.1 Å². The number of halogens is 2. The summed E-state index contributed by atoms with van der Waals surface area (Å²) in [6.45, 7) is 6.09. The number of nitrogens with zero attached hydrogens (tertiary/aromatic N) is 6. The van der Waals surface area contributed by atoms with Crippen LogP contribution in [0.4, 0.5) is 31.8 Å². The number of carbonyl (C=O) groups is 1. The highest BCUT2D eigenvalue weighted by Crippen LogP contribution is 2.29. The zero-order chi connectivity index (χ0) is 26.8. The minimum atomic E-state index is -1.06. The molecule has 0 radical (unpaired) electrons. The second-order valence-electron chi connectivity index (χ2n) is 8.64. The third kappa shape index (κ3) is 5.04. The molecule has 4 aromatic rings. The predicted molar refractivity (Wildman–Crippen MR) is 139 cm³/mol. The van der Waals surface area contributed by atoms with Gasteiger partial charge in [-0.2, -0.15) is 4.98 Å². The van der Waals surface area contributed by atoms with E-state index in [4.69, 9.17) is 0 Å². The highest BCUT2D eigenvalue weighted by atomic mass is 19.2. The number of hydrogen-bond acceptors (Lipinski definition) is 9. The summed E-state index contributed by atoms with van der Waals surface area (Å²) in [7, 11) is 1.98. The molecule has 0 aliphatic carbocycles. The fraction of sp³-hybridized carbons (Fsp3) is 0.200. The van der Waals surface area contributed by atoms with Crippen LogP contribution in [0.1, 0.15) is 0 Å². The van der Waals surface area contributed by atoms with Crippen LogP contribution < -0.4 is 21.1 Å². The van der Waals surface area contributed by atoms with E-state index in [1.165, 1.54) is 30.6 Å². The third-order valence-corrected chi connectivity index (χ3v) is 6.07. The van der Waals surface area contributed by atoms with Crippen molar-refractivity contribution in [3.63, 3.8) is 0 Å². The van der Waals surface area contributed by atoms with Gasteiger partial charge in [0, 0.05) is 44.3 Å². The summed E-state index contributed by atoms with van der Waals surface area (Å²) in [4.78, 5) is 47.6. The number of aromatic nitrogens is 5. The molecule has 3 N–H and O–H groups in total. The molecule has 194 valence electrons. The van der Waals surface area contributed by atoms with Crippen LogP contribution in [0.25, 0.3) is 22.6 Å². The molecule has 0 atom stereocenters. The maximum absolute atomic E-state index is 15.0. The number of aromatic amines is 1. The number of rotatable bonds is 6. The van der Waals surface area contributed by atoms with Crippen LogP contribution in [-0.2, 0) is 4.79 Å². The molecule has 38 heavy (non-hydrogen) atoms. The van der Waals surface area contributed by atoms with Gasteiger partial charge in [0.25, 0.3) is 5.56 Å². The summed E-state index contributed by atoms with van der Waals surface area (Å²) in [5.74, 6) is -2.42. The number of piperazine rings is 1. The Morgan fingerprint density at radius 3 is 2.66 bits per heavy atom. The second-order valence-corrected chi connectivity index (χ2v) is 8.64. The minimum Gasteiger partial charge on any atom is -0.367 e. The van der Waals surface area contributed by atoms with Crippen molar-refractivity contribution in [3.8, 4) is 11.5 Å². The van der Waals surface area contributed by atoms with E-state index in [1.54, 1.807) is 11.0 Å². The Bertz CT molecular complexity index is 1600. The van der Waals surface area contributed by atoms with Crippen molar-refractivity contribution < 1.29 is 13.6 Å². The number of anilines is 4. The first-order chi connectivity index (χ1) is 18.3. The monoisotopic (exact) mass is 519 g/mol. The molecular weight excluding hydrogens is 496 g/mol. The van der Waals surface area contributed by atoms with Gasteiger partial charge in [0.15, 0.2) is 23.1 Å². The zero-order valence-corrected chi connectivity index (χ0v) is 20.3. The van der Waals surface area contributed by atoms with Gasteiger partial charge in [0.2, 0.25) is 11.9 Å². The number of amides is 1. The molecule has 0 bridgehead atoms.